The molecule has 1 aliphatic carbocycles. The number of hydrogen-bond acceptors (Lipinski definition) is 3. The second kappa shape index (κ2) is 5.76. The van der Waals surface area contributed by atoms with Crippen molar-refractivity contribution in [2.24, 2.45) is 0 Å². The average Bonchev–Trinajstić information content (AvgIpc) is 3.07. The van der Waals surface area contributed by atoms with Crippen molar-refractivity contribution in [3.05, 3.63) is 96.1 Å². The van der Waals surface area contributed by atoms with E-state index in [1.807, 2.05) is 42.5 Å². The van der Waals surface area contributed by atoms with Crippen molar-refractivity contribution in [2.75, 3.05) is 0 Å². The molecule has 1 aromatic heterocycles. The molecule has 136 valence electrons. The number of rotatable bonds is 1. The van der Waals surface area contributed by atoms with E-state index in [-0.39, 0.29) is 11.5 Å². The average molecular weight is 373 g/mol. The molecule has 0 saturated heterocycles. The molecule has 1 heterocycles. The van der Waals surface area contributed by atoms with Gasteiger partial charge >= 0.3 is 0 Å². The summed E-state index contributed by atoms with van der Waals surface area (Å²) in [6.07, 6.45) is 0. The lowest BCUT2D eigenvalue weighted by Gasteiger charge is -2.13. The van der Waals surface area contributed by atoms with Gasteiger partial charge in [-0.3, -0.25) is 4.79 Å². The van der Waals surface area contributed by atoms with Crippen molar-refractivity contribution in [2.45, 2.75) is 0 Å². The number of carbonyl (C=O) groups excluding carboxylic acids is 1. The number of phenols is 1. The lowest BCUT2D eigenvalue weighted by Crippen LogP contribution is -2.01. The molecule has 3 nitrogen and oxygen atoms in total. The SMILES string of the molecule is O=C1c2ccccc2-c2c1c(-c1ccc(O)cc1)nc1ccc3ccccc3c21. The summed E-state index contributed by atoms with van der Waals surface area (Å²) >= 11 is 0. The Labute approximate surface area is 166 Å². The minimum absolute atomic E-state index is 0.000934. The first-order valence-corrected chi connectivity index (χ1v) is 9.51. The second-order valence-corrected chi connectivity index (χ2v) is 7.31. The van der Waals surface area contributed by atoms with E-state index in [4.69, 9.17) is 4.98 Å². The fraction of sp³-hybridized carbons (Fsp3) is 0. The van der Waals surface area contributed by atoms with E-state index < -0.39 is 0 Å². The monoisotopic (exact) mass is 373 g/mol. The van der Waals surface area contributed by atoms with Gasteiger partial charge in [0.15, 0.2) is 5.78 Å². The molecule has 0 bridgehead atoms. The van der Waals surface area contributed by atoms with Crippen molar-refractivity contribution in [3.63, 3.8) is 0 Å². The van der Waals surface area contributed by atoms with Crippen LogP contribution in [0.25, 0.3) is 44.1 Å². The van der Waals surface area contributed by atoms with Crippen LogP contribution in [-0.4, -0.2) is 15.9 Å². The van der Waals surface area contributed by atoms with Gasteiger partial charge in [0, 0.05) is 22.1 Å². The molecule has 3 heteroatoms. The number of pyridine rings is 1. The van der Waals surface area contributed by atoms with Gasteiger partial charge in [-0.25, -0.2) is 4.98 Å². The van der Waals surface area contributed by atoms with Crippen molar-refractivity contribution in [1.82, 2.24) is 4.98 Å². The van der Waals surface area contributed by atoms with Crippen LogP contribution in [0.2, 0.25) is 0 Å². The van der Waals surface area contributed by atoms with Crippen LogP contribution in [0.3, 0.4) is 0 Å². The molecule has 0 aliphatic heterocycles. The third-order valence-corrected chi connectivity index (χ3v) is 5.68. The maximum Gasteiger partial charge on any atom is 0.196 e. The molecule has 5 aromatic rings. The Morgan fingerprint density at radius 1 is 0.690 bits per heavy atom. The Balaban J connectivity index is 1.84. The van der Waals surface area contributed by atoms with Gasteiger partial charge in [-0.1, -0.05) is 54.6 Å². The number of ketones is 1. The highest BCUT2D eigenvalue weighted by atomic mass is 16.3. The Bertz CT molecular complexity index is 1470. The summed E-state index contributed by atoms with van der Waals surface area (Å²) in [5.41, 5.74) is 5.59. The smallest absolute Gasteiger partial charge is 0.196 e. The van der Waals surface area contributed by atoms with Gasteiger partial charge in [-0.05, 0) is 46.7 Å². The Kier molecular flexibility index (Phi) is 3.18. The van der Waals surface area contributed by atoms with E-state index in [1.54, 1.807) is 24.3 Å². The minimum atomic E-state index is 0.000934. The van der Waals surface area contributed by atoms with Crippen molar-refractivity contribution in [3.8, 4) is 28.1 Å². The van der Waals surface area contributed by atoms with Gasteiger partial charge in [0.25, 0.3) is 0 Å². The number of aromatic hydroxyl groups is 1. The molecule has 1 N–H and O–H groups in total. The molecule has 4 aromatic carbocycles. The van der Waals surface area contributed by atoms with Crippen LogP contribution in [0.5, 0.6) is 5.75 Å². The van der Waals surface area contributed by atoms with E-state index >= 15 is 0 Å². The molecule has 0 spiro atoms. The fourth-order valence-corrected chi connectivity index (χ4v) is 4.39. The second-order valence-electron chi connectivity index (χ2n) is 7.31. The van der Waals surface area contributed by atoms with Crippen LogP contribution in [0, 0.1) is 0 Å². The van der Waals surface area contributed by atoms with E-state index in [2.05, 4.69) is 18.2 Å². The molecule has 0 radical (unpaired) electrons. The highest BCUT2D eigenvalue weighted by Crippen LogP contribution is 2.46. The van der Waals surface area contributed by atoms with Crippen LogP contribution in [-0.2, 0) is 0 Å². The van der Waals surface area contributed by atoms with E-state index in [0.29, 0.717) is 16.8 Å². The molecular weight excluding hydrogens is 358 g/mol. The maximum atomic E-state index is 13.4. The third-order valence-electron chi connectivity index (χ3n) is 5.68. The van der Waals surface area contributed by atoms with E-state index in [1.165, 1.54) is 0 Å². The van der Waals surface area contributed by atoms with Crippen molar-refractivity contribution >= 4 is 27.5 Å². The number of phenolic OH excluding ortho intramolecular Hbond substituents is 1. The van der Waals surface area contributed by atoms with Gasteiger partial charge < -0.3 is 5.11 Å². The Morgan fingerprint density at radius 2 is 1.41 bits per heavy atom. The highest BCUT2D eigenvalue weighted by molar-refractivity contribution is 6.30. The zero-order chi connectivity index (χ0) is 19.5. The molecule has 0 amide bonds. The number of nitrogens with zero attached hydrogens (tertiary/aromatic N) is 1. The topological polar surface area (TPSA) is 50.2 Å². The zero-order valence-corrected chi connectivity index (χ0v) is 15.4. The van der Waals surface area contributed by atoms with E-state index in [0.717, 1.165) is 38.4 Å². The summed E-state index contributed by atoms with van der Waals surface area (Å²) in [6, 6.07) is 26.9. The standard InChI is InChI=1S/C26H15NO2/c28-17-12-9-16(10-13-17)25-24-23(19-7-3-4-8-20(19)26(24)29)22-18-6-2-1-5-15(18)11-14-21(22)27-25/h1-14,28H. The number of benzene rings is 4. The summed E-state index contributed by atoms with van der Waals surface area (Å²) in [5.74, 6) is 0.188. The first kappa shape index (κ1) is 16.0. The highest BCUT2D eigenvalue weighted by Gasteiger charge is 2.32. The number of fused-ring (bicyclic) bond motifs is 7. The Morgan fingerprint density at radius 3 is 2.24 bits per heavy atom. The van der Waals surface area contributed by atoms with Crippen LogP contribution in [0.1, 0.15) is 15.9 Å². The summed E-state index contributed by atoms with van der Waals surface area (Å²) in [6.45, 7) is 0. The molecular formula is C26H15NO2. The molecule has 29 heavy (non-hydrogen) atoms. The van der Waals surface area contributed by atoms with Crippen molar-refractivity contribution in [1.29, 1.82) is 0 Å². The van der Waals surface area contributed by atoms with E-state index in [9.17, 15) is 9.90 Å². The van der Waals surface area contributed by atoms with Crippen LogP contribution >= 0.6 is 0 Å². The number of aromatic nitrogens is 1. The van der Waals surface area contributed by atoms with Gasteiger partial charge in [0.05, 0.1) is 16.8 Å². The zero-order valence-electron chi connectivity index (χ0n) is 15.4. The number of carbonyl (C=O) groups is 1. The summed E-state index contributed by atoms with van der Waals surface area (Å²) in [5, 5.41) is 12.9. The minimum Gasteiger partial charge on any atom is -0.508 e. The molecule has 0 fully saturated rings. The first-order valence-electron chi connectivity index (χ1n) is 9.51. The third kappa shape index (κ3) is 2.18. The van der Waals surface area contributed by atoms with Crippen LogP contribution in [0.15, 0.2) is 84.9 Å². The quantitative estimate of drug-likeness (QED) is 0.361. The largest absolute Gasteiger partial charge is 0.508 e. The first-order chi connectivity index (χ1) is 14.2. The number of hydrogen-bond donors (Lipinski definition) is 1. The van der Waals surface area contributed by atoms with Gasteiger partial charge in [-0.2, -0.15) is 0 Å². The molecule has 0 unspecified atom stereocenters. The van der Waals surface area contributed by atoms with Gasteiger partial charge in [-0.15, -0.1) is 0 Å². The molecule has 6 rings (SSSR count). The fourth-order valence-electron chi connectivity index (χ4n) is 4.39. The normalized spacial score (nSPS) is 12.3. The summed E-state index contributed by atoms with van der Waals surface area (Å²) < 4.78 is 0. The van der Waals surface area contributed by atoms with Crippen LogP contribution in [0.4, 0.5) is 0 Å². The lowest BCUT2D eigenvalue weighted by molar-refractivity contribution is 0.104. The lowest BCUT2D eigenvalue weighted by atomic mass is 9.93. The summed E-state index contributed by atoms with van der Waals surface area (Å²) in [4.78, 5) is 18.4. The molecule has 0 atom stereocenters. The predicted octanol–water partition coefficient (Wildman–Crippen LogP) is 5.97. The molecule has 0 saturated carbocycles. The van der Waals surface area contributed by atoms with Gasteiger partial charge in [0.2, 0.25) is 0 Å². The summed E-state index contributed by atoms with van der Waals surface area (Å²) in [7, 11) is 0. The van der Waals surface area contributed by atoms with Crippen LogP contribution < -0.4 is 0 Å². The van der Waals surface area contributed by atoms with Gasteiger partial charge in [0.1, 0.15) is 5.75 Å². The maximum absolute atomic E-state index is 13.4. The predicted molar refractivity (Wildman–Crippen MR) is 115 cm³/mol. The van der Waals surface area contributed by atoms with Crippen molar-refractivity contribution < 1.29 is 9.90 Å². The Hall–Kier alpha value is -3.98. The molecule has 1 aliphatic rings.